The number of nitrogens with zero attached hydrogens (tertiary/aromatic N) is 2. The van der Waals surface area contributed by atoms with Crippen molar-refractivity contribution in [2.75, 3.05) is 18.2 Å². The zero-order chi connectivity index (χ0) is 14.7. The molecule has 0 aliphatic carbocycles. The normalized spacial score (nSPS) is 10.1. The van der Waals surface area contributed by atoms with Gasteiger partial charge in [0, 0.05) is 11.8 Å². The molecule has 0 spiro atoms. The number of nitrogens with two attached hydrogens (primary N) is 1. The van der Waals surface area contributed by atoms with Gasteiger partial charge in [-0.1, -0.05) is 11.6 Å². The van der Waals surface area contributed by atoms with Gasteiger partial charge in [0.2, 0.25) is 0 Å². The molecule has 1 aromatic heterocycles. The van der Waals surface area contributed by atoms with Gasteiger partial charge in [-0.05, 0) is 12.1 Å². The average Bonchev–Trinajstić information content (AvgIpc) is 2.40. The maximum Gasteiger partial charge on any atom is 0.276 e. The summed E-state index contributed by atoms with van der Waals surface area (Å²) in [6, 6.07) is 7.47. The minimum atomic E-state index is -0.536. The maximum atomic E-state index is 10.8. The van der Waals surface area contributed by atoms with Gasteiger partial charge < -0.3 is 15.8 Å². The van der Waals surface area contributed by atoms with Crippen LogP contribution in [0.4, 0.5) is 23.0 Å². The second kappa shape index (κ2) is 5.62. The first-order valence-electron chi connectivity index (χ1n) is 5.52. The highest BCUT2D eigenvalue weighted by molar-refractivity contribution is 6.32. The second-order valence-electron chi connectivity index (χ2n) is 3.87. The Hall–Kier alpha value is -2.54. The van der Waals surface area contributed by atoms with E-state index in [-0.39, 0.29) is 17.3 Å². The quantitative estimate of drug-likeness (QED) is 0.663. The van der Waals surface area contributed by atoms with Crippen molar-refractivity contribution in [1.29, 1.82) is 0 Å². The highest BCUT2D eigenvalue weighted by Gasteiger charge is 2.10. The van der Waals surface area contributed by atoms with Gasteiger partial charge in [-0.25, -0.2) is 4.98 Å². The van der Waals surface area contributed by atoms with Crippen molar-refractivity contribution in [3.8, 4) is 5.75 Å². The Morgan fingerprint density at radius 1 is 1.40 bits per heavy atom. The molecule has 0 saturated carbocycles. The highest BCUT2D eigenvalue weighted by Crippen LogP contribution is 2.29. The Balaban J connectivity index is 2.32. The van der Waals surface area contributed by atoms with Gasteiger partial charge in [0.15, 0.2) is 0 Å². The summed E-state index contributed by atoms with van der Waals surface area (Å²) < 4.78 is 5.08. The standard InChI is InChI=1S/C12H11ClN4O3/c1-20-10-4-7(2-3-9(10)13)15-12-6-8(17(18)19)5-11(14)16-12/h2-6H,1H3,(H3,14,15,16). The van der Waals surface area contributed by atoms with E-state index in [1.807, 2.05) is 0 Å². The van der Waals surface area contributed by atoms with E-state index in [0.717, 1.165) is 0 Å². The summed E-state index contributed by atoms with van der Waals surface area (Å²) in [4.78, 5) is 14.2. The second-order valence-corrected chi connectivity index (χ2v) is 4.27. The predicted molar refractivity (Wildman–Crippen MR) is 76.6 cm³/mol. The van der Waals surface area contributed by atoms with Crippen LogP contribution in [0.15, 0.2) is 30.3 Å². The van der Waals surface area contributed by atoms with Crippen molar-refractivity contribution < 1.29 is 9.66 Å². The maximum absolute atomic E-state index is 10.8. The zero-order valence-electron chi connectivity index (χ0n) is 10.5. The number of ether oxygens (including phenoxy) is 1. The molecule has 0 aliphatic rings. The lowest BCUT2D eigenvalue weighted by atomic mass is 10.3. The third-order valence-electron chi connectivity index (χ3n) is 2.46. The average molecular weight is 295 g/mol. The fourth-order valence-corrected chi connectivity index (χ4v) is 1.79. The largest absolute Gasteiger partial charge is 0.495 e. The summed E-state index contributed by atoms with van der Waals surface area (Å²) in [5.41, 5.74) is 6.02. The molecule has 2 rings (SSSR count). The van der Waals surface area contributed by atoms with Crippen LogP contribution in [0.25, 0.3) is 0 Å². The Morgan fingerprint density at radius 2 is 2.15 bits per heavy atom. The smallest absolute Gasteiger partial charge is 0.276 e. The summed E-state index contributed by atoms with van der Waals surface area (Å²) in [6.07, 6.45) is 0. The molecule has 0 radical (unpaired) electrons. The summed E-state index contributed by atoms with van der Waals surface area (Å²) >= 11 is 5.91. The molecular weight excluding hydrogens is 284 g/mol. The van der Waals surface area contributed by atoms with Gasteiger partial charge >= 0.3 is 0 Å². The van der Waals surface area contributed by atoms with Crippen molar-refractivity contribution in [3.05, 3.63) is 45.5 Å². The summed E-state index contributed by atoms with van der Waals surface area (Å²) in [6.45, 7) is 0. The Labute approximate surface area is 119 Å². The molecule has 0 unspecified atom stereocenters. The SMILES string of the molecule is COc1cc(Nc2cc([N+](=O)[O-])cc(N)n2)ccc1Cl. The lowest BCUT2D eigenvalue weighted by Gasteiger charge is -2.09. The lowest BCUT2D eigenvalue weighted by molar-refractivity contribution is -0.384. The lowest BCUT2D eigenvalue weighted by Crippen LogP contribution is -2.00. The fourth-order valence-electron chi connectivity index (χ4n) is 1.59. The van der Waals surface area contributed by atoms with Crippen LogP contribution in [0.5, 0.6) is 5.75 Å². The first-order valence-corrected chi connectivity index (χ1v) is 5.90. The fraction of sp³-hybridized carbons (Fsp3) is 0.0833. The van der Waals surface area contributed by atoms with Crippen molar-refractivity contribution in [1.82, 2.24) is 4.98 Å². The number of benzene rings is 1. The molecule has 0 saturated heterocycles. The van der Waals surface area contributed by atoms with Crippen molar-refractivity contribution in [2.24, 2.45) is 0 Å². The van der Waals surface area contributed by atoms with Crippen LogP contribution in [0.1, 0.15) is 0 Å². The third kappa shape index (κ3) is 3.07. The van der Waals surface area contributed by atoms with Gasteiger partial charge in [0.1, 0.15) is 17.4 Å². The van der Waals surface area contributed by atoms with Crippen LogP contribution in [0, 0.1) is 10.1 Å². The molecule has 0 fully saturated rings. The van der Waals surface area contributed by atoms with Crippen molar-refractivity contribution in [2.45, 2.75) is 0 Å². The number of hydrogen-bond acceptors (Lipinski definition) is 6. The van der Waals surface area contributed by atoms with Gasteiger partial charge in [-0.3, -0.25) is 10.1 Å². The minimum Gasteiger partial charge on any atom is -0.495 e. The molecule has 0 bridgehead atoms. The van der Waals surface area contributed by atoms with Gasteiger partial charge in [-0.15, -0.1) is 0 Å². The van der Waals surface area contributed by atoms with Gasteiger partial charge in [-0.2, -0.15) is 0 Å². The Morgan fingerprint density at radius 3 is 2.80 bits per heavy atom. The monoisotopic (exact) mass is 294 g/mol. The van der Waals surface area contributed by atoms with E-state index >= 15 is 0 Å². The molecule has 2 aromatic rings. The van der Waals surface area contributed by atoms with Gasteiger partial charge in [0.05, 0.1) is 29.2 Å². The van der Waals surface area contributed by atoms with E-state index in [1.165, 1.54) is 19.2 Å². The molecule has 0 atom stereocenters. The topological polar surface area (TPSA) is 103 Å². The first-order chi connectivity index (χ1) is 9.49. The van der Waals surface area contributed by atoms with Crippen LogP contribution < -0.4 is 15.8 Å². The number of anilines is 3. The van der Waals surface area contributed by atoms with E-state index in [4.69, 9.17) is 22.1 Å². The molecule has 8 heteroatoms. The number of nitrogens with one attached hydrogen (secondary N) is 1. The number of aromatic nitrogens is 1. The minimum absolute atomic E-state index is 0.0580. The van der Waals surface area contributed by atoms with Crippen LogP contribution in [0.3, 0.4) is 0 Å². The van der Waals surface area contributed by atoms with Crippen molar-refractivity contribution in [3.63, 3.8) is 0 Å². The molecule has 7 nitrogen and oxygen atoms in total. The van der Waals surface area contributed by atoms with E-state index in [2.05, 4.69) is 10.3 Å². The van der Waals surface area contributed by atoms with E-state index < -0.39 is 4.92 Å². The van der Waals surface area contributed by atoms with Gasteiger partial charge in [0.25, 0.3) is 5.69 Å². The van der Waals surface area contributed by atoms with E-state index in [1.54, 1.807) is 18.2 Å². The molecular formula is C12H11ClN4O3. The molecule has 104 valence electrons. The molecule has 0 aliphatic heterocycles. The first kappa shape index (κ1) is 13.9. The van der Waals surface area contributed by atoms with E-state index in [9.17, 15) is 10.1 Å². The zero-order valence-corrected chi connectivity index (χ0v) is 11.2. The number of halogens is 1. The molecule has 1 aromatic carbocycles. The number of nitro groups is 1. The number of hydrogen-bond donors (Lipinski definition) is 2. The van der Waals surface area contributed by atoms with Crippen LogP contribution in [0.2, 0.25) is 5.02 Å². The number of methoxy groups -OCH3 is 1. The summed E-state index contributed by atoms with van der Waals surface area (Å²) in [5, 5.41) is 14.1. The molecule has 20 heavy (non-hydrogen) atoms. The third-order valence-corrected chi connectivity index (χ3v) is 2.78. The van der Waals surface area contributed by atoms with Crippen LogP contribution in [-0.4, -0.2) is 17.0 Å². The van der Waals surface area contributed by atoms with Crippen LogP contribution >= 0.6 is 11.6 Å². The van der Waals surface area contributed by atoms with Crippen molar-refractivity contribution >= 4 is 34.6 Å². The Kier molecular flexibility index (Phi) is 3.90. The van der Waals surface area contributed by atoms with E-state index in [0.29, 0.717) is 16.5 Å². The van der Waals surface area contributed by atoms with Crippen LogP contribution in [-0.2, 0) is 0 Å². The number of rotatable bonds is 4. The molecule has 0 amide bonds. The molecule has 1 heterocycles. The predicted octanol–water partition coefficient (Wildman–Crippen LogP) is 2.98. The Bertz CT molecular complexity index is 663. The number of nitrogen functional groups attached to an aromatic ring is 1. The highest BCUT2D eigenvalue weighted by atomic mass is 35.5. The summed E-state index contributed by atoms with van der Waals surface area (Å²) in [5.74, 6) is 0.804. The number of pyridine rings is 1. The molecule has 3 N–H and O–H groups in total. The summed E-state index contributed by atoms with van der Waals surface area (Å²) in [7, 11) is 1.49.